The predicted molar refractivity (Wildman–Crippen MR) is 85.1 cm³/mol. The largest absolute Gasteiger partial charge is 0.342 e. The van der Waals surface area contributed by atoms with Crippen LogP contribution in [0.25, 0.3) is 0 Å². The molecule has 1 saturated heterocycles. The van der Waals surface area contributed by atoms with Gasteiger partial charge in [0.25, 0.3) is 0 Å². The number of amides is 1. The summed E-state index contributed by atoms with van der Waals surface area (Å²) in [7, 11) is 0. The number of rotatable bonds is 4. The zero-order chi connectivity index (χ0) is 13.9. The number of likely N-dealkylation sites (tertiary alicyclic amines) is 1. The van der Waals surface area contributed by atoms with Crippen LogP contribution in [0.5, 0.6) is 0 Å². The number of benzene rings is 1. The minimum absolute atomic E-state index is 0. The van der Waals surface area contributed by atoms with Crippen LogP contribution in [0.2, 0.25) is 0 Å². The Balaban J connectivity index is 0.00000200. The summed E-state index contributed by atoms with van der Waals surface area (Å²) in [6, 6.07) is 10.2. The van der Waals surface area contributed by atoms with Gasteiger partial charge in [0.15, 0.2) is 0 Å². The molecule has 2 unspecified atom stereocenters. The summed E-state index contributed by atoms with van der Waals surface area (Å²) in [5.41, 5.74) is 7.13. The minimum Gasteiger partial charge on any atom is -0.342 e. The van der Waals surface area contributed by atoms with E-state index >= 15 is 0 Å². The SMILES string of the molecule is CC(CC(=O)N1CCC(C)(CN)C1)c1ccccc1.Cl. The van der Waals surface area contributed by atoms with Gasteiger partial charge in [-0.15, -0.1) is 12.4 Å². The molecule has 1 amide bonds. The Morgan fingerprint density at radius 2 is 2.05 bits per heavy atom. The van der Waals surface area contributed by atoms with Crippen molar-refractivity contribution in [1.29, 1.82) is 0 Å². The number of carbonyl (C=O) groups is 1. The van der Waals surface area contributed by atoms with Gasteiger partial charge in [-0.05, 0) is 29.9 Å². The Kier molecular flexibility index (Phi) is 6.03. The average molecular weight is 297 g/mol. The molecule has 1 fully saturated rings. The van der Waals surface area contributed by atoms with Crippen LogP contribution < -0.4 is 5.73 Å². The Bertz CT molecular complexity index is 437. The first-order chi connectivity index (χ1) is 9.04. The highest BCUT2D eigenvalue weighted by molar-refractivity contribution is 5.85. The number of hydrogen-bond donors (Lipinski definition) is 1. The third-order valence-corrected chi connectivity index (χ3v) is 4.25. The van der Waals surface area contributed by atoms with Crippen LogP contribution in [-0.2, 0) is 4.79 Å². The quantitative estimate of drug-likeness (QED) is 0.929. The van der Waals surface area contributed by atoms with E-state index in [9.17, 15) is 4.79 Å². The summed E-state index contributed by atoms with van der Waals surface area (Å²) in [4.78, 5) is 14.3. The molecule has 1 aromatic carbocycles. The van der Waals surface area contributed by atoms with Crippen LogP contribution >= 0.6 is 12.4 Å². The molecule has 112 valence electrons. The van der Waals surface area contributed by atoms with Crippen LogP contribution in [0.4, 0.5) is 0 Å². The average Bonchev–Trinajstić information content (AvgIpc) is 2.83. The van der Waals surface area contributed by atoms with Crippen molar-refractivity contribution in [2.24, 2.45) is 11.1 Å². The molecule has 0 spiro atoms. The molecule has 0 saturated carbocycles. The van der Waals surface area contributed by atoms with Crippen LogP contribution in [-0.4, -0.2) is 30.4 Å². The van der Waals surface area contributed by atoms with Gasteiger partial charge in [0.1, 0.15) is 0 Å². The lowest BCUT2D eigenvalue weighted by Crippen LogP contribution is -2.34. The molecule has 0 aromatic heterocycles. The highest BCUT2D eigenvalue weighted by Crippen LogP contribution is 2.30. The van der Waals surface area contributed by atoms with Gasteiger partial charge in [0, 0.05) is 19.5 Å². The Labute approximate surface area is 127 Å². The van der Waals surface area contributed by atoms with Crippen LogP contribution in [0.15, 0.2) is 30.3 Å². The fourth-order valence-corrected chi connectivity index (χ4v) is 2.69. The van der Waals surface area contributed by atoms with Gasteiger partial charge in [0.05, 0.1) is 0 Å². The highest BCUT2D eigenvalue weighted by Gasteiger charge is 2.34. The van der Waals surface area contributed by atoms with Gasteiger partial charge < -0.3 is 10.6 Å². The first-order valence-corrected chi connectivity index (χ1v) is 7.07. The summed E-state index contributed by atoms with van der Waals surface area (Å²) in [6.45, 7) is 6.61. The van der Waals surface area contributed by atoms with Crippen molar-refractivity contribution >= 4 is 18.3 Å². The van der Waals surface area contributed by atoms with Crippen molar-refractivity contribution in [3.63, 3.8) is 0 Å². The third kappa shape index (κ3) is 3.97. The summed E-state index contributed by atoms with van der Waals surface area (Å²) in [5, 5.41) is 0. The maximum absolute atomic E-state index is 12.3. The molecule has 1 aromatic rings. The Morgan fingerprint density at radius 1 is 1.40 bits per heavy atom. The number of carbonyl (C=O) groups excluding carboxylic acids is 1. The molecule has 0 bridgehead atoms. The van der Waals surface area contributed by atoms with Gasteiger partial charge in [-0.2, -0.15) is 0 Å². The zero-order valence-corrected chi connectivity index (χ0v) is 13.2. The number of nitrogens with two attached hydrogens (primary N) is 1. The van der Waals surface area contributed by atoms with Crippen molar-refractivity contribution < 1.29 is 4.79 Å². The van der Waals surface area contributed by atoms with Crippen molar-refractivity contribution in [1.82, 2.24) is 4.90 Å². The Hall–Kier alpha value is -1.06. The monoisotopic (exact) mass is 296 g/mol. The van der Waals surface area contributed by atoms with E-state index in [4.69, 9.17) is 5.73 Å². The molecule has 2 rings (SSSR count). The number of halogens is 1. The van der Waals surface area contributed by atoms with Crippen molar-refractivity contribution in [2.45, 2.75) is 32.6 Å². The molecule has 0 radical (unpaired) electrons. The smallest absolute Gasteiger partial charge is 0.223 e. The molecule has 20 heavy (non-hydrogen) atoms. The maximum atomic E-state index is 12.3. The summed E-state index contributed by atoms with van der Waals surface area (Å²) in [5.74, 6) is 0.534. The molecule has 4 heteroatoms. The van der Waals surface area contributed by atoms with E-state index in [-0.39, 0.29) is 29.6 Å². The lowest BCUT2D eigenvalue weighted by Gasteiger charge is -2.23. The van der Waals surface area contributed by atoms with Crippen LogP contribution in [0.3, 0.4) is 0 Å². The van der Waals surface area contributed by atoms with Gasteiger partial charge in [-0.1, -0.05) is 44.2 Å². The molecule has 2 N–H and O–H groups in total. The van der Waals surface area contributed by atoms with Gasteiger partial charge >= 0.3 is 0 Å². The fraction of sp³-hybridized carbons (Fsp3) is 0.562. The van der Waals surface area contributed by atoms with Crippen molar-refractivity contribution in [2.75, 3.05) is 19.6 Å². The minimum atomic E-state index is 0. The molecular weight excluding hydrogens is 272 g/mol. The lowest BCUT2D eigenvalue weighted by atomic mass is 9.90. The predicted octanol–water partition coefficient (Wildman–Crippen LogP) is 2.80. The first kappa shape index (κ1) is 17.0. The third-order valence-electron chi connectivity index (χ3n) is 4.25. The number of nitrogens with zero attached hydrogens (tertiary/aromatic N) is 1. The van der Waals surface area contributed by atoms with Crippen LogP contribution in [0, 0.1) is 5.41 Å². The first-order valence-electron chi connectivity index (χ1n) is 7.07. The van der Waals surface area contributed by atoms with Gasteiger partial charge in [0.2, 0.25) is 5.91 Å². The lowest BCUT2D eigenvalue weighted by molar-refractivity contribution is -0.130. The summed E-state index contributed by atoms with van der Waals surface area (Å²) >= 11 is 0. The standard InChI is InChI=1S/C16H24N2O.ClH/c1-13(14-6-4-3-5-7-14)10-15(19)18-9-8-16(2,11-17)12-18;/h3-7,13H,8-12,17H2,1-2H3;1H. The molecular formula is C16H25ClN2O. The highest BCUT2D eigenvalue weighted by atomic mass is 35.5. The molecule has 1 aliphatic rings. The molecule has 3 nitrogen and oxygen atoms in total. The number of hydrogen-bond acceptors (Lipinski definition) is 2. The van der Waals surface area contributed by atoms with E-state index in [0.29, 0.717) is 13.0 Å². The van der Waals surface area contributed by atoms with E-state index in [1.165, 1.54) is 5.56 Å². The molecule has 1 heterocycles. The maximum Gasteiger partial charge on any atom is 0.223 e. The fourth-order valence-electron chi connectivity index (χ4n) is 2.69. The Morgan fingerprint density at radius 3 is 2.60 bits per heavy atom. The van der Waals surface area contributed by atoms with Crippen molar-refractivity contribution in [3.05, 3.63) is 35.9 Å². The topological polar surface area (TPSA) is 46.3 Å². The van der Waals surface area contributed by atoms with Gasteiger partial charge in [-0.25, -0.2) is 0 Å². The van der Waals surface area contributed by atoms with E-state index in [0.717, 1.165) is 19.5 Å². The molecule has 2 atom stereocenters. The molecule has 1 aliphatic heterocycles. The van der Waals surface area contributed by atoms with E-state index in [1.807, 2.05) is 23.1 Å². The molecule has 0 aliphatic carbocycles. The second-order valence-corrected chi connectivity index (χ2v) is 6.10. The normalized spacial score (nSPS) is 23.2. The summed E-state index contributed by atoms with van der Waals surface area (Å²) in [6.07, 6.45) is 1.61. The van der Waals surface area contributed by atoms with Crippen LogP contribution in [0.1, 0.15) is 38.2 Å². The van der Waals surface area contributed by atoms with E-state index in [1.54, 1.807) is 0 Å². The van der Waals surface area contributed by atoms with E-state index < -0.39 is 0 Å². The van der Waals surface area contributed by atoms with E-state index in [2.05, 4.69) is 26.0 Å². The summed E-state index contributed by atoms with van der Waals surface area (Å²) < 4.78 is 0. The second-order valence-electron chi connectivity index (χ2n) is 6.10. The van der Waals surface area contributed by atoms with Gasteiger partial charge in [-0.3, -0.25) is 4.79 Å². The zero-order valence-electron chi connectivity index (χ0n) is 12.3. The van der Waals surface area contributed by atoms with Crippen molar-refractivity contribution in [3.8, 4) is 0 Å². The second kappa shape index (κ2) is 7.09.